The van der Waals surface area contributed by atoms with Crippen LogP contribution in [0, 0.1) is 0 Å². The minimum absolute atomic E-state index is 0.587. The van der Waals surface area contributed by atoms with Crippen LogP contribution in [-0.2, 0) is 0 Å². The number of rotatable bonds is 6. The van der Waals surface area contributed by atoms with Gasteiger partial charge in [-0.25, -0.2) is 0 Å². The lowest BCUT2D eigenvalue weighted by Crippen LogP contribution is -2.44. The first kappa shape index (κ1) is 14.2. The number of anilines is 1. The Morgan fingerprint density at radius 3 is 3.05 bits per heavy atom. The van der Waals surface area contributed by atoms with E-state index in [0.717, 1.165) is 31.0 Å². The van der Waals surface area contributed by atoms with Crippen LogP contribution >= 0.6 is 0 Å². The summed E-state index contributed by atoms with van der Waals surface area (Å²) in [6.07, 6.45) is 4.95. The highest BCUT2D eigenvalue weighted by Gasteiger charge is 2.17. The highest BCUT2D eigenvalue weighted by Crippen LogP contribution is 2.18. The molecule has 0 aliphatic carbocycles. The molecule has 0 aromatic heterocycles. The molecule has 0 radical (unpaired) electrons. The van der Waals surface area contributed by atoms with Crippen LogP contribution < -0.4 is 15.4 Å². The molecule has 3 nitrogen and oxygen atoms in total. The van der Waals surface area contributed by atoms with Crippen LogP contribution in [-0.4, -0.2) is 25.2 Å². The normalized spacial score (nSPS) is 23.1. The highest BCUT2D eigenvalue weighted by atomic mass is 16.5. The zero-order chi connectivity index (χ0) is 13.5. The molecule has 2 rings (SSSR count). The summed E-state index contributed by atoms with van der Waals surface area (Å²) >= 11 is 0. The largest absolute Gasteiger partial charge is 0.494 e. The van der Waals surface area contributed by atoms with Crippen molar-refractivity contribution in [3.63, 3.8) is 0 Å². The minimum atomic E-state index is 0.587. The number of ether oxygens (including phenoxy) is 1. The summed E-state index contributed by atoms with van der Waals surface area (Å²) in [5.74, 6) is 0.955. The van der Waals surface area contributed by atoms with E-state index in [0.29, 0.717) is 12.1 Å². The molecule has 106 valence electrons. The Hall–Kier alpha value is -1.22. The maximum absolute atomic E-state index is 5.65. The van der Waals surface area contributed by atoms with E-state index in [9.17, 15) is 0 Å². The Kier molecular flexibility index (Phi) is 5.52. The van der Waals surface area contributed by atoms with Crippen LogP contribution in [0.15, 0.2) is 24.3 Å². The van der Waals surface area contributed by atoms with Gasteiger partial charge >= 0.3 is 0 Å². The number of hydrogen-bond acceptors (Lipinski definition) is 3. The second-order valence-corrected chi connectivity index (χ2v) is 5.45. The van der Waals surface area contributed by atoms with Crippen LogP contribution in [0.5, 0.6) is 5.75 Å². The van der Waals surface area contributed by atoms with Crippen molar-refractivity contribution in [3.8, 4) is 5.75 Å². The zero-order valence-electron chi connectivity index (χ0n) is 12.1. The van der Waals surface area contributed by atoms with Gasteiger partial charge in [-0.3, -0.25) is 0 Å². The van der Waals surface area contributed by atoms with E-state index in [1.54, 1.807) is 0 Å². The van der Waals surface area contributed by atoms with Gasteiger partial charge in [-0.2, -0.15) is 0 Å². The number of nitrogens with one attached hydrogen (secondary N) is 2. The fourth-order valence-corrected chi connectivity index (χ4v) is 2.56. The molecule has 1 aliphatic rings. The van der Waals surface area contributed by atoms with Gasteiger partial charge < -0.3 is 15.4 Å². The van der Waals surface area contributed by atoms with Crippen molar-refractivity contribution in [2.45, 2.75) is 51.6 Å². The lowest BCUT2D eigenvalue weighted by atomic mass is 9.99. The quantitative estimate of drug-likeness (QED) is 0.824. The topological polar surface area (TPSA) is 33.3 Å². The van der Waals surface area contributed by atoms with Gasteiger partial charge in [0.25, 0.3) is 0 Å². The van der Waals surface area contributed by atoms with Gasteiger partial charge in [-0.1, -0.05) is 19.4 Å². The molecule has 0 spiro atoms. The van der Waals surface area contributed by atoms with Gasteiger partial charge in [-0.05, 0) is 38.3 Å². The van der Waals surface area contributed by atoms with Gasteiger partial charge in [-0.15, -0.1) is 0 Å². The summed E-state index contributed by atoms with van der Waals surface area (Å²) in [6.45, 7) is 6.16. The van der Waals surface area contributed by atoms with E-state index in [1.165, 1.54) is 19.3 Å². The highest BCUT2D eigenvalue weighted by molar-refractivity contribution is 5.48. The fraction of sp³-hybridized carbons (Fsp3) is 0.625. The molecular formula is C16H26N2O. The molecule has 2 unspecified atom stereocenters. The summed E-state index contributed by atoms with van der Waals surface area (Å²) in [7, 11) is 0. The maximum atomic E-state index is 5.65. The van der Waals surface area contributed by atoms with Crippen molar-refractivity contribution in [2.24, 2.45) is 0 Å². The van der Waals surface area contributed by atoms with Crippen molar-refractivity contribution in [1.29, 1.82) is 0 Å². The average Bonchev–Trinajstić information content (AvgIpc) is 2.43. The van der Waals surface area contributed by atoms with Crippen LogP contribution in [0.1, 0.15) is 39.5 Å². The van der Waals surface area contributed by atoms with Crippen LogP contribution in [0.3, 0.4) is 0 Å². The molecule has 2 N–H and O–H groups in total. The molecule has 1 aliphatic heterocycles. The molecule has 1 heterocycles. The number of hydrogen-bond donors (Lipinski definition) is 2. The van der Waals surface area contributed by atoms with Gasteiger partial charge in [0.05, 0.1) is 6.61 Å². The Labute approximate surface area is 116 Å². The molecular weight excluding hydrogens is 236 g/mol. The Balaban J connectivity index is 1.81. The Bertz CT molecular complexity index is 381. The van der Waals surface area contributed by atoms with E-state index in [4.69, 9.17) is 4.74 Å². The predicted octanol–water partition coefficient (Wildman–Crippen LogP) is 3.42. The van der Waals surface area contributed by atoms with Gasteiger partial charge in [0.1, 0.15) is 5.75 Å². The second-order valence-electron chi connectivity index (χ2n) is 5.45. The van der Waals surface area contributed by atoms with E-state index in [2.05, 4.69) is 36.6 Å². The summed E-state index contributed by atoms with van der Waals surface area (Å²) < 4.78 is 5.65. The number of piperidine rings is 1. The van der Waals surface area contributed by atoms with Gasteiger partial charge in [0.2, 0.25) is 0 Å². The van der Waals surface area contributed by atoms with E-state index in [1.807, 2.05) is 12.1 Å². The molecule has 19 heavy (non-hydrogen) atoms. The molecule has 3 heteroatoms. The van der Waals surface area contributed by atoms with Crippen LogP contribution in [0.25, 0.3) is 0 Å². The Morgan fingerprint density at radius 1 is 1.37 bits per heavy atom. The lowest BCUT2D eigenvalue weighted by molar-refractivity contribution is 0.317. The average molecular weight is 262 g/mol. The molecule has 1 aromatic carbocycles. The summed E-state index contributed by atoms with van der Waals surface area (Å²) in [4.78, 5) is 0. The SMILES string of the molecule is CCCOc1cccc(NCC2CCCC(C)N2)c1. The summed E-state index contributed by atoms with van der Waals surface area (Å²) in [5, 5.41) is 7.15. The first-order valence-corrected chi connectivity index (χ1v) is 7.50. The van der Waals surface area contributed by atoms with Gasteiger partial charge in [0.15, 0.2) is 0 Å². The molecule has 1 saturated heterocycles. The standard InChI is InChI=1S/C16H26N2O/c1-3-10-19-16-9-5-7-14(11-16)17-12-15-8-4-6-13(2)18-15/h5,7,9,11,13,15,17-18H,3-4,6,8,10,12H2,1-2H3. The van der Waals surface area contributed by atoms with Crippen molar-refractivity contribution in [1.82, 2.24) is 5.32 Å². The second kappa shape index (κ2) is 7.39. The van der Waals surface area contributed by atoms with Crippen LogP contribution in [0.2, 0.25) is 0 Å². The monoisotopic (exact) mass is 262 g/mol. The van der Waals surface area contributed by atoms with E-state index in [-0.39, 0.29) is 0 Å². The smallest absolute Gasteiger partial charge is 0.121 e. The van der Waals surface area contributed by atoms with Crippen molar-refractivity contribution in [2.75, 3.05) is 18.5 Å². The summed E-state index contributed by atoms with van der Waals surface area (Å²) in [5.41, 5.74) is 1.15. The molecule has 0 saturated carbocycles. The minimum Gasteiger partial charge on any atom is -0.494 e. The molecule has 2 atom stereocenters. The maximum Gasteiger partial charge on any atom is 0.121 e. The number of benzene rings is 1. The fourth-order valence-electron chi connectivity index (χ4n) is 2.56. The van der Waals surface area contributed by atoms with Gasteiger partial charge in [0, 0.05) is 30.4 Å². The molecule has 0 amide bonds. The van der Waals surface area contributed by atoms with Crippen molar-refractivity contribution >= 4 is 5.69 Å². The third-order valence-electron chi connectivity index (χ3n) is 3.57. The molecule has 1 fully saturated rings. The van der Waals surface area contributed by atoms with E-state index >= 15 is 0 Å². The first-order chi connectivity index (χ1) is 9.28. The van der Waals surface area contributed by atoms with E-state index < -0.39 is 0 Å². The lowest BCUT2D eigenvalue weighted by Gasteiger charge is -2.29. The van der Waals surface area contributed by atoms with Crippen molar-refractivity contribution in [3.05, 3.63) is 24.3 Å². The molecule has 0 bridgehead atoms. The first-order valence-electron chi connectivity index (χ1n) is 7.50. The predicted molar refractivity (Wildman–Crippen MR) is 81.0 cm³/mol. The Morgan fingerprint density at radius 2 is 2.26 bits per heavy atom. The third kappa shape index (κ3) is 4.75. The third-order valence-corrected chi connectivity index (χ3v) is 3.57. The molecule has 1 aromatic rings. The summed E-state index contributed by atoms with van der Waals surface area (Å²) in [6, 6.07) is 9.49. The van der Waals surface area contributed by atoms with Crippen LogP contribution in [0.4, 0.5) is 5.69 Å². The zero-order valence-corrected chi connectivity index (χ0v) is 12.1. The van der Waals surface area contributed by atoms with Crippen molar-refractivity contribution < 1.29 is 4.74 Å².